The molecule has 0 saturated heterocycles. The Labute approximate surface area is 440 Å². The maximum Gasteiger partial charge on any atom is 0.343 e. The summed E-state index contributed by atoms with van der Waals surface area (Å²) in [4.78, 5) is 76.2. The van der Waals surface area contributed by atoms with Gasteiger partial charge in [-0.05, 0) is 165 Å². The molecule has 2 unspecified atom stereocenters. The van der Waals surface area contributed by atoms with Crippen molar-refractivity contribution in [2.75, 3.05) is 0 Å². The van der Waals surface area contributed by atoms with E-state index >= 15 is 0 Å². The van der Waals surface area contributed by atoms with Crippen LogP contribution in [0.25, 0.3) is 22.3 Å². The molecule has 2 atom stereocenters. The van der Waals surface area contributed by atoms with E-state index in [-0.39, 0.29) is 66.0 Å². The van der Waals surface area contributed by atoms with E-state index in [2.05, 4.69) is 13.8 Å². The van der Waals surface area contributed by atoms with Crippen LogP contribution in [0.15, 0.2) is 146 Å². The normalized spacial score (nSPS) is 11.7. The first-order chi connectivity index (χ1) is 36.4. The van der Waals surface area contributed by atoms with Gasteiger partial charge >= 0.3 is 35.8 Å². The first-order valence-electron chi connectivity index (χ1n) is 26.3. The molecule has 0 aliphatic heterocycles. The predicted octanol–water partition coefficient (Wildman–Crippen LogP) is 15.0. The van der Waals surface area contributed by atoms with Crippen molar-refractivity contribution in [3.05, 3.63) is 168 Å². The van der Waals surface area contributed by atoms with Crippen LogP contribution in [0.5, 0.6) is 23.0 Å². The lowest BCUT2D eigenvalue weighted by atomic mass is 10.0. The Morgan fingerprint density at radius 2 is 0.587 bits per heavy atom. The number of unbranched alkanes of at least 4 members (excludes halogenated alkanes) is 8. The van der Waals surface area contributed by atoms with Crippen LogP contribution in [0.1, 0.15) is 165 Å². The highest BCUT2D eigenvalue weighted by atomic mass is 16.6. The van der Waals surface area contributed by atoms with Gasteiger partial charge in [0.25, 0.3) is 0 Å². The molecular weight excluding hydrogens is 949 g/mol. The number of carbonyl (C=O) groups excluding carboxylic acids is 6. The van der Waals surface area contributed by atoms with Gasteiger partial charge in [-0.1, -0.05) is 114 Å². The van der Waals surface area contributed by atoms with Crippen molar-refractivity contribution < 1.29 is 57.2 Å². The second-order valence-corrected chi connectivity index (χ2v) is 18.7. The van der Waals surface area contributed by atoms with E-state index in [9.17, 15) is 28.8 Å². The molecule has 392 valence electrons. The predicted molar refractivity (Wildman–Crippen MR) is 288 cm³/mol. The number of hydrogen-bond acceptors (Lipinski definition) is 12. The largest absolute Gasteiger partial charge is 0.459 e. The molecule has 0 amide bonds. The Hall–Kier alpha value is -7.86. The van der Waals surface area contributed by atoms with Crippen LogP contribution in [0.2, 0.25) is 0 Å². The summed E-state index contributed by atoms with van der Waals surface area (Å²) in [5, 5.41) is 0. The van der Waals surface area contributed by atoms with E-state index in [1.165, 1.54) is 87.1 Å². The number of esters is 6. The van der Waals surface area contributed by atoms with Crippen molar-refractivity contribution in [3.8, 4) is 45.3 Å². The van der Waals surface area contributed by atoms with Gasteiger partial charge in [0.15, 0.2) is 0 Å². The summed E-state index contributed by atoms with van der Waals surface area (Å²) in [7, 11) is 0. The highest BCUT2D eigenvalue weighted by Crippen LogP contribution is 2.27. The van der Waals surface area contributed by atoms with Crippen LogP contribution < -0.4 is 18.9 Å². The van der Waals surface area contributed by atoms with E-state index in [4.69, 9.17) is 28.4 Å². The molecule has 12 nitrogen and oxygen atoms in total. The van der Waals surface area contributed by atoms with Gasteiger partial charge in [-0.15, -0.1) is 0 Å². The number of benzene rings is 6. The van der Waals surface area contributed by atoms with Gasteiger partial charge in [-0.25, -0.2) is 19.2 Å². The summed E-state index contributed by atoms with van der Waals surface area (Å²) in [6.07, 6.45) is 13.1. The Morgan fingerprint density at radius 3 is 0.920 bits per heavy atom. The molecule has 0 saturated carbocycles. The first kappa shape index (κ1) is 56.4. The summed E-state index contributed by atoms with van der Waals surface area (Å²) in [6, 6.07) is 40.3. The zero-order chi connectivity index (χ0) is 53.4. The molecule has 0 aromatic heterocycles. The second-order valence-electron chi connectivity index (χ2n) is 18.7. The number of hydrogen-bond donors (Lipinski definition) is 0. The molecule has 6 aromatic carbocycles. The molecule has 0 aliphatic carbocycles. The van der Waals surface area contributed by atoms with E-state index in [1.54, 1.807) is 48.5 Å². The third-order valence-corrected chi connectivity index (χ3v) is 12.5. The fraction of sp³-hybridized carbons (Fsp3) is 0.333. The van der Waals surface area contributed by atoms with Crippen LogP contribution in [0, 0.1) is 0 Å². The molecule has 0 N–H and O–H groups in total. The zero-order valence-electron chi connectivity index (χ0n) is 43.5. The van der Waals surface area contributed by atoms with Crippen molar-refractivity contribution in [3.63, 3.8) is 0 Å². The topological polar surface area (TPSA) is 158 Å². The lowest BCUT2D eigenvalue weighted by molar-refractivity contribution is -0.136. The zero-order valence-corrected chi connectivity index (χ0v) is 43.5. The molecule has 0 bridgehead atoms. The third-order valence-electron chi connectivity index (χ3n) is 12.5. The average molecular weight is 1020 g/mol. The SMILES string of the molecule is CCCCCCCC(C)OC(=O)c1ccc(-c2ccc(OC(=O)c3ccc(OC(=O)CCCC(=O)Oc4ccc(C(=O)Oc5ccc(-c6ccc(C(=O)OC(C)CCCCCCC)cc6)cc5)cc4)cc3)cc2)cc1. The molecule has 12 heteroatoms. The minimum Gasteiger partial charge on any atom is -0.459 e. The van der Waals surface area contributed by atoms with Gasteiger partial charge in [-0.3, -0.25) is 9.59 Å². The van der Waals surface area contributed by atoms with E-state index < -0.39 is 23.9 Å². The molecule has 0 heterocycles. The smallest absolute Gasteiger partial charge is 0.343 e. The molecule has 0 radical (unpaired) electrons. The number of carbonyl (C=O) groups is 6. The Balaban J connectivity index is 0.855. The number of ether oxygens (including phenoxy) is 6. The summed E-state index contributed by atoms with van der Waals surface area (Å²) < 4.78 is 33.2. The van der Waals surface area contributed by atoms with Gasteiger partial charge in [0.05, 0.1) is 34.5 Å². The molecule has 75 heavy (non-hydrogen) atoms. The molecule has 0 aliphatic rings. The second kappa shape index (κ2) is 29.7. The van der Waals surface area contributed by atoms with Crippen molar-refractivity contribution in [2.45, 2.75) is 136 Å². The monoisotopic (exact) mass is 1020 g/mol. The van der Waals surface area contributed by atoms with Gasteiger partial charge in [0.1, 0.15) is 23.0 Å². The van der Waals surface area contributed by atoms with Crippen LogP contribution >= 0.6 is 0 Å². The van der Waals surface area contributed by atoms with E-state index in [0.29, 0.717) is 22.6 Å². The lowest BCUT2D eigenvalue weighted by Crippen LogP contribution is -2.15. The summed E-state index contributed by atoms with van der Waals surface area (Å²) in [5.41, 5.74) is 5.00. The highest BCUT2D eigenvalue weighted by molar-refractivity contribution is 5.93. The summed E-state index contributed by atoms with van der Waals surface area (Å²) in [5.74, 6) is -1.87. The Morgan fingerprint density at radius 1 is 0.320 bits per heavy atom. The van der Waals surface area contributed by atoms with Crippen LogP contribution in [0.3, 0.4) is 0 Å². The highest BCUT2D eigenvalue weighted by Gasteiger charge is 2.17. The standard InChI is InChI=1S/C63H68O12/c1-5-7-9-11-13-16-44(3)70-60(66)50-24-20-46(21-25-50)48-28-36-56(37-29-48)74-62(68)52-32-40-54(41-33-52)72-58(64)18-15-19-59(65)73-55-42-34-53(35-43-55)63(69)75-57-38-30-49(31-39-57)47-22-26-51(27-23-47)61(67)71-45(4)17-14-12-10-8-6-2/h20-45H,5-19H2,1-4H3. The fourth-order valence-corrected chi connectivity index (χ4v) is 8.11. The van der Waals surface area contributed by atoms with Gasteiger partial charge in [-0.2, -0.15) is 0 Å². The maximum atomic E-state index is 12.9. The van der Waals surface area contributed by atoms with Crippen LogP contribution in [0.4, 0.5) is 0 Å². The maximum absolute atomic E-state index is 12.9. The third kappa shape index (κ3) is 18.9. The van der Waals surface area contributed by atoms with Gasteiger partial charge in [0.2, 0.25) is 0 Å². The molecule has 6 rings (SSSR count). The molecule has 6 aromatic rings. The minimum absolute atomic E-state index is 0.0581. The van der Waals surface area contributed by atoms with Crippen molar-refractivity contribution >= 4 is 35.8 Å². The van der Waals surface area contributed by atoms with E-state index in [1.807, 2.05) is 62.4 Å². The molecular formula is C63H68O12. The lowest BCUT2D eigenvalue weighted by Gasteiger charge is -2.13. The van der Waals surface area contributed by atoms with Crippen molar-refractivity contribution in [1.29, 1.82) is 0 Å². The number of rotatable bonds is 28. The molecule has 0 fully saturated rings. The van der Waals surface area contributed by atoms with Crippen molar-refractivity contribution in [1.82, 2.24) is 0 Å². The first-order valence-corrected chi connectivity index (χ1v) is 26.3. The quantitative estimate of drug-likeness (QED) is 0.0261. The molecule has 0 spiro atoms. The van der Waals surface area contributed by atoms with Gasteiger partial charge < -0.3 is 28.4 Å². The Kier molecular flexibility index (Phi) is 22.4. The summed E-state index contributed by atoms with van der Waals surface area (Å²) in [6.45, 7) is 8.23. The van der Waals surface area contributed by atoms with Crippen LogP contribution in [-0.4, -0.2) is 48.0 Å². The Bertz CT molecular complexity index is 2570. The average Bonchev–Trinajstić information content (AvgIpc) is 3.41. The minimum atomic E-state index is -0.594. The van der Waals surface area contributed by atoms with Gasteiger partial charge in [0, 0.05) is 12.8 Å². The van der Waals surface area contributed by atoms with Crippen molar-refractivity contribution in [2.24, 2.45) is 0 Å². The van der Waals surface area contributed by atoms with Crippen LogP contribution in [-0.2, 0) is 19.1 Å². The summed E-state index contributed by atoms with van der Waals surface area (Å²) >= 11 is 0. The van der Waals surface area contributed by atoms with E-state index in [0.717, 1.165) is 60.8 Å². The fourth-order valence-electron chi connectivity index (χ4n) is 8.11.